The number of carbonyl (C=O) groups is 1. The van der Waals surface area contributed by atoms with Crippen LogP contribution in [-0.4, -0.2) is 46.3 Å². The standard InChI is InChI=1S/C19H19N5O2/c1-26-18-9-16(4-5-17(18)15-11-21-22-12-15)24-8-7-23(19(24)25)13-14-3-2-6-20-10-14/h2-6,9-12H,7-8,13H2,1H3,(H,21,22). The largest absolute Gasteiger partial charge is 0.496 e. The number of nitrogens with zero attached hydrogens (tertiary/aromatic N) is 4. The second kappa shape index (κ2) is 6.87. The number of hydrogen-bond donors (Lipinski definition) is 1. The minimum absolute atomic E-state index is 0.00744. The Kier molecular flexibility index (Phi) is 4.27. The lowest BCUT2D eigenvalue weighted by Gasteiger charge is -2.20. The van der Waals surface area contributed by atoms with Gasteiger partial charge >= 0.3 is 6.03 Å². The van der Waals surface area contributed by atoms with Crippen LogP contribution in [0.5, 0.6) is 5.75 Å². The fourth-order valence-electron chi connectivity index (χ4n) is 3.17. The lowest BCUT2D eigenvalue weighted by Crippen LogP contribution is -2.31. The third kappa shape index (κ3) is 2.99. The monoisotopic (exact) mass is 349 g/mol. The summed E-state index contributed by atoms with van der Waals surface area (Å²) in [6.45, 7) is 1.89. The number of urea groups is 1. The lowest BCUT2D eigenvalue weighted by atomic mass is 10.1. The summed E-state index contributed by atoms with van der Waals surface area (Å²) in [5.41, 5.74) is 3.73. The van der Waals surface area contributed by atoms with Gasteiger partial charge in [-0.1, -0.05) is 6.07 Å². The zero-order valence-corrected chi connectivity index (χ0v) is 14.4. The minimum Gasteiger partial charge on any atom is -0.496 e. The first-order valence-electron chi connectivity index (χ1n) is 8.39. The summed E-state index contributed by atoms with van der Waals surface area (Å²) < 4.78 is 5.53. The molecule has 132 valence electrons. The van der Waals surface area contributed by atoms with Crippen LogP contribution >= 0.6 is 0 Å². The van der Waals surface area contributed by atoms with Gasteiger partial charge in [-0.3, -0.25) is 15.0 Å². The smallest absolute Gasteiger partial charge is 0.324 e. The third-order valence-electron chi connectivity index (χ3n) is 4.50. The van der Waals surface area contributed by atoms with E-state index in [0.717, 1.165) is 22.4 Å². The van der Waals surface area contributed by atoms with Crippen LogP contribution in [0.2, 0.25) is 0 Å². The summed E-state index contributed by atoms with van der Waals surface area (Å²) in [6, 6.07) is 9.64. The Balaban J connectivity index is 1.55. The average molecular weight is 349 g/mol. The normalized spacial score (nSPS) is 14.1. The lowest BCUT2D eigenvalue weighted by molar-refractivity contribution is 0.218. The van der Waals surface area contributed by atoms with E-state index in [1.807, 2.05) is 41.4 Å². The van der Waals surface area contributed by atoms with Gasteiger partial charge in [-0.05, 0) is 23.8 Å². The Morgan fingerprint density at radius 1 is 1.23 bits per heavy atom. The maximum absolute atomic E-state index is 12.8. The molecule has 7 nitrogen and oxygen atoms in total. The van der Waals surface area contributed by atoms with Crippen molar-refractivity contribution in [3.8, 4) is 16.9 Å². The van der Waals surface area contributed by atoms with E-state index in [1.165, 1.54) is 0 Å². The predicted octanol–water partition coefficient (Wildman–Crippen LogP) is 2.92. The minimum atomic E-state index is -0.00744. The summed E-state index contributed by atoms with van der Waals surface area (Å²) in [5.74, 6) is 0.711. The van der Waals surface area contributed by atoms with Gasteiger partial charge in [-0.2, -0.15) is 5.10 Å². The van der Waals surface area contributed by atoms with Crippen LogP contribution in [0.15, 0.2) is 55.1 Å². The molecule has 1 N–H and O–H groups in total. The molecule has 7 heteroatoms. The number of aromatic nitrogens is 3. The molecule has 26 heavy (non-hydrogen) atoms. The average Bonchev–Trinajstić information content (AvgIpc) is 3.33. The van der Waals surface area contributed by atoms with Crippen molar-refractivity contribution in [3.05, 3.63) is 60.7 Å². The molecule has 0 saturated carbocycles. The summed E-state index contributed by atoms with van der Waals surface area (Å²) in [4.78, 5) is 20.5. The molecular formula is C19H19N5O2. The van der Waals surface area contributed by atoms with Gasteiger partial charge in [0.05, 0.1) is 13.3 Å². The van der Waals surface area contributed by atoms with E-state index < -0.39 is 0 Å². The number of hydrogen-bond acceptors (Lipinski definition) is 4. The molecule has 3 aromatic rings. The molecule has 2 aromatic heterocycles. The molecule has 4 rings (SSSR count). The van der Waals surface area contributed by atoms with Gasteiger partial charge in [0.15, 0.2) is 0 Å². The fourth-order valence-corrected chi connectivity index (χ4v) is 3.17. The van der Waals surface area contributed by atoms with Crippen LogP contribution in [0.4, 0.5) is 10.5 Å². The van der Waals surface area contributed by atoms with Crippen molar-refractivity contribution < 1.29 is 9.53 Å². The molecule has 0 radical (unpaired) electrons. The Bertz CT molecular complexity index is 896. The predicted molar refractivity (Wildman–Crippen MR) is 98.0 cm³/mol. The molecule has 1 aromatic carbocycles. The van der Waals surface area contributed by atoms with Crippen LogP contribution in [0.3, 0.4) is 0 Å². The molecule has 1 aliphatic rings. The second-order valence-corrected chi connectivity index (χ2v) is 6.09. The highest BCUT2D eigenvalue weighted by Crippen LogP contribution is 2.34. The quantitative estimate of drug-likeness (QED) is 0.768. The zero-order chi connectivity index (χ0) is 17.9. The van der Waals surface area contributed by atoms with Gasteiger partial charge in [0.1, 0.15) is 5.75 Å². The number of anilines is 1. The van der Waals surface area contributed by atoms with E-state index in [2.05, 4.69) is 15.2 Å². The number of nitrogens with one attached hydrogen (secondary N) is 1. The van der Waals surface area contributed by atoms with E-state index in [9.17, 15) is 4.79 Å². The highest BCUT2D eigenvalue weighted by molar-refractivity contribution is 5.94. The Hall–Kier alpha value is -3.35. The van der Waals surface area contributed by atoms with E-state index in [4.69, 9.17) is 4.74 Å². The van der Waals surface area contributed by atoms with Crippen LogP contribution in [0.1, 0.15) is 5.56 Å². The highest BCUT2D eigenvalue weighted by atomic mass is 16.5. The van der Waals surface area contributed by atoms with Crippen molar-refractivity contribution in [1.29, 1.82) is 0 Å². The van der Waals surface area contributed by atoms with E-state index in [1.54, 1.807) is 30.6 Å². The number of aromatic amines is 1. The SMILES string of the molecule is COc1cc(N2CCN(Cc3cccnc3)C2=O)ccc1-c1cn[nH]c1. The summed E-state index contributed by atoms with van der Waals surface area (Å²) in [5, 5.41) is 6.78. The number of H-pyrrole nitrogens is 1. The summed E-state index contributed by atoms with van der Waals surface area (Å²) >= 11 is 0. The molecular weight excluding hydrogens is 330 g/mol. The van der Waals surface area contributed by atoms with Crippen molar-refractivity contribution in [2.24, 2.45) is 0 Å². The molecule has 3 heterocycles. The van der Waals surface area contributed by atoms with Gasteiger partial charge < -0.3 is 9.64 Å². The number of pyridine rings is 1. The molecule has 2 amide bonds. The van der Waals surface area contributed by atoms with Crippen molar-refractivity contribution in [3.63, 3.8) is 0 Å². The Morgan fingerprint density at radius 2 is 2.15 bits per heavy atom. The molecule has 0 spiro atoms. The van der Waals surface area contributed by atoms with E-state index in [0.29, 0.717) is 25.4 Å². The first kappa shape index (κ1) is 16.1. The maximum Gasteiger partial charge on any atom is 0.324 e. The van der Waals surface area contributed by atoms with Crippen molar-refractivity contribution in [1.82, 2.24) is 20.1 Å². The number of carbonyl (C=O) groups excluding carboxylic acids is 1. The van der Waals surface area contributed by atoms with Crippen LogP contribution in [0, 0.1) is 0 Å². The molecule has 0 aliphatic carbocycles. The molecule has 0 unspecified atom stereocenters. The van der Waals surface area contributed by atoms with Gasteiger partial charge in [-0.25, -0.2) is 4.79 Å². The molecule has 0 bridgehead atoms. The molecule has 1 aliphatic heterocycles. The number of benzene rings is 1. The fraction of sp³-hybridized carbons (Fsp3) is 0.211. The van der Waals surface area contributed by atoms with E-state index in [-0.39, 0.29) is 6.03 Å². The number of amides is 2. The Labute approximate surface area is 151 Å². The third-order valence-corrected chi connectivity index (χ3v) is 4.50. The highest BCUT2D eigenvalue weighted by Gasteiger charge is 2.30. The van der Waals surface area contributed by atoms with Crippen LogP contribution in [-0.2, 0) is 6.54 Å². The Morgan fingerprint density at radius 3 is 2.88 bits per heavy atom. The number of ether oxygens (including phenoxy) is 1. The molecule has 1 saturated heterocycles. The zero-order valence-electron chi connectivity index (χ0n) is 14.4. The van der Waals surface area contributed by atoms with Gasteiger partial charge in [-0.15, -0.1) is 0 Å². The number of rotatable bonds is 5. The van der Waals surface area contributed by atoms with Gasteiger partial charge in [0.2, 0.25) is 0 Å². The van der Waals surface area contributed by atoms with Gasteiger partial charge in [0, 0.05) is 61.1 Å². The summed E-state index contributed by atoms with van der Waals surface area (Å²) in [6.07, 6.45) is 7.08. The van der Waals surface area contributed by atoms with Gasteiger partial charge in [0.25, 0.3) is 0 Å². The first-order valence-corrected chi connectivity index (χ1v) is 8.39. The second-order valence-electron chi connectivity index (χ2n) is 6.09. The first-order chi connectivity index (χ1) is 12.8. The van der Waals surface area contributed by atoms with Crippen molar-refractivity contribution >= 4 is 11.7 Å². The molecule has 1 fully saturated rings. The summed E-state index contributed by atoms with van der Waals surface area (Å²) in [7, 11) is 1.63. The molecule has 0 atom stereocenters. The van der Waals surface area contributed by atoms with Crippen LogP contribution in [0.25, 0.3) is 11.1 Å². The maximum atomic E-state index is 12.8. The van der Waals surface area contributed by atoms with Crippen molar-refractivity contribution in [2.45, 2.75) is 6.54 Å². The van der Waals surface area contributed by atoms with Crippen LogP contribution < -0.4 is 9.64 Å². The van der Waals surface area contributed by atoms with Crippen molar-refractivity contribution in [2.75, 3.05) is 25.1 Å². The number of methoxy groups -OCH3 is 1. The van der Waals surface area contributed by atoms with E-state index >= 15 is 0 Å². The topological polar surface area (TPSA) is 74.3 Å².